The van der Waals surface area contributed by atoms with Crippen LogP contribution in [-0.2, 0) is 4.79 Å². The highest BCUT2D eigenvalue weighted by atomic mass is 16.5. The molecule has 0 heterocycles. The van der Waals surface area contributed by atoms with Crippen molar-refractivity contribution >= 4 is 11.6 Å². The standard InChI is InChI=1S/C17H24N2O2/c18-16-3-1-2-13(16)10-17(20)19-14-6-8-15(9-7-14)21-11-12-4-5-12/h6-9,12-13,16H,1-5,10-11,18H2,(H,19,20)/t13-,16+/m0/s1. The molecule has 1 amide bonds. The molecule has 0 saturated heterocycles. The molecule has 2 saturated carbocycles. The molecule has 114 valence electrons. The van der Waals surface area contributed by atoms with Crippen molar-refractivity contribution in [2.45, 2.75) is 44.6 Å². The molecule has 2 atom stereocenters. The van der Waals surface area contributed by atoms with Crippen LogP contribution in [0.15, 0.2) is 24.3 Å². The molecule has 1 aromatic carbocycles. The van der Waals surface area contributed by atoms with Crippen molar-refractivity contribution in [1.29, 1.82) is 0 Å². The Morgan fingerprint density at radius 2 is 1.95 bits per heavy atom. The largest absolute Gasteiger partial charge is 0.493 e. The number of anilines is 1. The highest BCUT2D eigenvalue weighted by Gasteiger charge is 2.26. The number of benzene rings is 1. The molecule has 21 heavy (non-hydrogen) atoms. The van der Waals surface area contributed by atoms with Crippen molar-refractivity contribution in [2.75, 3.05) is 11.9 Å². The van der Waals surface area contributed by atoms with Crippen LogP contribution in [0, 0.1) is 11.8 Å². The van der Waals surface area contributed by atoms with Crippen LogP contribution in [-0.4, -0.2) is 18.6 Å². The lowest BCUT2D eigenvalue weighted by Gasteiger charge is -2.15. The quantitative estimate of drug-likeness (QED) is 0.846. The molecule has 3 N–H and O–H groups in total. The molecule has 2 fully saturated rings. The summed E-state index contributed by atoms with van der Waals surface area (Å²) in [6.45, 7) is 0.811. The van der Waals surface area contributed by atoms with Crippen molar-refractivity contribution in [3.05, 3.63) is 24.3 Å². The van der Waals surface area contributed by atoms with E-state index in [-0.39, 0.29) is 11.9 Å². The molecule has 0 radical (unpaired) electrons. The minimum atomic E-state index is 0.0593. The predicted molar refractivity (Wildman–Crippen MR) is 83.2 cm³/mol. The molecular weight excluding hydrogens is 264 g/mol. The van der Waals surface area contributed by atoms with Crippen LogP contribution < -0.4 is 15.8 Å². The summed E-state index contributed by atoms with van der Waals surface area (Å²) in [5.41, 5.74) is 6.83. The third-order valence-electron chi connectivity index (χ3n) is 4.49. The van der Waals surface area contributed by atoms with Gasteiger partial charge in [-0.3, -0.25) is 4.79 Å². The van der Waals surface area contributed by atoms with Crippen LogP contribution in [0.4, 0.5) is 5.69 Å². The summed E-state index contributed by atoms with van der Waals surface area (Å²) in [6, 6.07) is 7.82. The second-order valence-electron chi connectivity index (χ2n) is 6.39. The summed E-state index contributed by atoms with van der Waals surface area (Å²) in [5, 5.41) is 2.94. The molecule has 0 unspecified atom stereocenters. The van der Waals surface area contributed by atoms with Gasteiger partial charge in [0.05, 0.1) is 6.61 Å². The lowest BCUT2D eigenvalue weighted by molar-refractivity contribution is -0.117. The van der Waals surface area contributed by atoms with Crippen LogP contribution in [0.1, 0.15) is 38.5 Å². The number of rotatable bonds is 6. The van der Waals surface area contributed by atoms with Gasteiger partial charge in [-0.05, 0) is 61.8 Å². The minimum absolute atomic E-state index is 0.0593. The molecule has 1 aromatic rings. The smallest absolute Gasteiger partial charge is 0.224 e. The van der Waals surface area contributed by atoms with Crippen LogP contribution in [0.3, 0.4) is 0 Å². The van der Waals surface area contributed by atoms with Gasteiger partial charge in [0.15, 0.2) is 0 Å². The van der Waals surface area contributed by atoms with E-state index in [9.17, 15) is 4.79 Å². The van der Waals surface area contributed by atoms with E-state index in [0.717, 1.165) is 43.2 Å². The van der Waals surface area contributed by atoms with Gasteiger partial charge in [0.2, 0.25) is 5.91 Å². The van der Waals surface area contributed by atoms with E-state index in [0.29, 0.717) is 12.3 Å². The van der Waals surface area contributed by atoms with Gasteiger partial charge in [0, 0.05) is 18.2 Å². The van der Waals surface area contributed by atoms with Crippen LogP contribution in [0.2, 0.25) is 0 Å². The topological polar surface area (TPSA) is 64.4 Å². The SMILES string of the molecule is N[C@@H]1CCC[C@H]1CC(=O)Nc1ccc(OCC2CC2)cc1. The fourth-order valence-corrected chi connectivity index (χ4v) is 2.90. The summed E-state index contributed by atoms with van der Waals surface area (Å²) in [6.07, 6.45) is 6.37. The number of carbonyl (C=O) groups is 1. The highest BCUT2D eigenvalue weighted by Crippen LogP contribution is 2.30. The first-order valence-corrected chi connectivity index (χ1v) is 7.99. The molecule has 2 aliphatic carbocycles. The Morgan fingerprint density at radius 3 is 2.57 bits per heavy atom. The number of carbonyl (C=O) groups excluding carboxylic acids is 1. The molecule has 4 heteroatoms. The minimum Gasteiger partial charge on any atom is -0.493 e. The zero-order valence-corrected chi connectivity index (χ0v) is 12.4. The van der Waals surface area contributed by atoms with E-state index in [2.05, 4.69) is 5.32 Å². The fraction of sp³-hybridized carbons (Fsp3) is 0.588. The number of amides is 1. The maximum Gasteiger partial charge on any atom is 0.224 e. The van der Waals surface area contributed by atoms with Crippen LogP contribution in [0.25, 0.3) is 0 Å². The van der Waals surface area contributed by atoms with Gasteiger partial charge in [0.1, 0.15) is 5.75 Å². The van der Waals surface area contributed by atoms with Gasteiger partial charge < -0.3 is 15.8 Å². The lowest BCUT2D eigenvalue weighted by atomic mass is 10.00. The molecule has 3 rings (SSSR count). The number of nitrogens with two attached hydrogens (primary N) is 1. The Balaban J connectivity index is 1.46. The maximum atomic E-state index is 12.0. The third-order valence-corrected chi connectivity index (χ3v) is 4.49. The van der Waals surface area contributed by atoms with Gasteiger partial charge in [-0.2, -0.15) is 0 Å². The van der Waals surface area contributed by atoms with Gasteiger partial charge >= 0.3 is 0 Å². The van der Waals surface area contributed by atoms with E-state index < -0.39 is 0 Å². The summed E-state index contributed by atoms with van der Waals surface area (Å²) >= 11 is 0. The van der Waals surface area contributed by atoms with Crippen LogP contribution >= 0.6 is 0 Å². The van der Waals surface area contributed by atoms with Gasteiger partial charge in [-0.1, -0.05) is 6.42 Å². The lowest BCUT2D eigenvalue weighted by Crippen LogP contribution is -2.28. The van der Waals surface area contributed by atoms with E-state index in [1.54, 1.807) is 0 Å². The Hall–Kier alpha value is -1.55. The normalized spacial score (nSPS) is 24.8. The monoisotopic (exact) mass is 288 g/mol. The Bertz CT molecular complexity index is 482. The summed E-state index contributed by atoms with van der Waals surface area (Å²) < 4.78 is 5.68. The third kappa shape index (κ3) is 4.21. The van der Waals surface area contributed by atoms with Crippen molar-refractivity contribution in [3.63, 3.8) is 0 Å². The Morgan fingerprint density at radius 1 is 1.19 bits per heavy atom. The second kappa shape index (κ2) is 6.48. The van der Waals surface area contributed by atoms with Gasteiger partial charge in [0.25, 0.3) is 0 Å². The molecule has 4 nitrogen and oxygen atoms in total. The summed E-state index contributed by atoms with van der Waals surface area (Å²) in [7, 11) is 0. The van der Waals surface area contributed by atoms with E-state index in [1.165, 1.54) is 12.8 Å². The first-order chi connectivity index (χ1) is 10.2. The molecule has 0 bridgehead atoms. The number of hydrogen-bond donors (Lipinski definition) is 2. The van der Waals surface area contributed by atoms with Crippen molar-refractivity contribution < 1.29 is 9.53 Å². The molecule has 0 spiro atoms. The van der Waals surface area contributed by atoms with Crippen molar-refractivity contribution in [2.24, 2.45) is 17.6 Å². The highest BCUT2D eigenvalue weighted by molar-refractivity contribution is 5.90. The average molecular weight is 288 g/mol. The molecule has 0 aliphatic heterocycles. The second-order valence-corrected chi connectivity index (χ2v) is 6.39. The van der Waals surface area contributed by atoms with Crippen LogP contribution in [0.5, 0.6) is 5.75 Å². The Labute approximate surface area is 126 Å². The zero-order chi connectivity index (χ0) is 14.7. The summed E-state index contributed by atoms with van der Waals surface area (Å²) in [4.78, 5) is 12.0. The zero-order valence-electron chi connectivity index (χ0n) is 12.4. The van der Waals surface area contributed by atoms with Gasteiger partial charge in [-0.15, -0.1) is 0 Å². The maximum absolute atomic E-state index is 12.0. The van der Waals surface area contributed by atoms with E-state index in [4.69, 9.17) is 10.5 Å². The summed E-state index contributed by atoms with van der Waals surface area (Å²) in [5.74, 6) is 2.02. The Kier molecular flexibility index (Phi) is 4.44. The molecule has 0 aromatic heterocycles. The average Bonchev–Trinajstić information content (AvgIpc) is 3.22. The van der Waals surface area contributed by atoms with Crippen molar-refractivity contribution in [3.8, 4) is 5.75 Å². The van der Waals surface area contributed by atoms with Gasteiger partial charge in [-0.25, -0.2) is 0 Å². The number of nitrogens with one attached hydrogen (secondary N) is 1. The molecular formula is C17H24N2O2. The first-order valence-electron chi connectivity index (χ1n) is 7.99. The van der Waals surface area contributed by atoms with E-state index in [1.807, 2.05) is 24.3 Å². The number of ether oxygens (including phenoxy) is 1. The number of hydrogen-bond acceptors (Lipinski definition) is 3. The van der Waals surface area contributed by atoms with Crippen molar-refractivity contribution in [1.82, 2.24) is 0 Å². The van der Waals surface area contributed by atoms with E-state index >= 15 is 0 Å². The molecule has 2 aliphatic rings. The predicted octanol–water partition coefficient (Wildman–Crippen LogP) is 2.93. The first kappa shape index (κ1) is 14.4. The fourth-order valence-electron chi connectivity index (χ4n) is 2.90.